The Morgan fingerprint density at radius 1 is 0.400 bits per heavy atom. The van der Waals surface area contributed by atoms with Crippen LogP contribution in [0, 0.1) is 13.8 Å². The first kappa shape index (κ1) is 22.4. The van der Waals surface area contributed by atoms with Crippen molar-refractivity contribution in [2.24, 2.45) is 0 Å². The van der Waals surface area contributed by atoms with Gasteiger partial charge in [-0.25, -0.2) is 0 Å². The molecule has 0 atom stereocenters. The van der Waals surface area contributed by atoms with E-state index in [2.05, 4.69) is 152 Å². The highest BCUT2D eigenvalue weighted by Crippen LogP contribution is 2.35. The molecule has 0 aliphatic heterocycles. The number of nitrogens with zero attached hydrogens (tertiary/aromatic N) is 1. The first-order valence-electron chi connectivity index (χ1n) is 12.0. The predicted molar refractivity (Wildman–Crippen MR) is 151 cm³/mol. The van der Waals surface area contributed by atoms with Crippen LogP contribution in [0.5, 0.6) is 0 Å². The van der Waals surface area contributed by atoms with Gasteiger partial charge in [-0.3, -0.25) is 0 Å². The summed E-state index contributed by atoms with van der Waals surface area (Å²) in [4.78, 5) is 2.31. The fourth-order valence-electron chi connectivity index (χ4n) is 4.18. The lowest BCUT2D eigenvalue weighted by Gasteiger charge is -2.26. The lowest BCUT2D eigenvalue weighted by molar-refractivity contribution is 1.27. The fourth-order valence-corrected chi connectivity index (χ4v) is 4.18. The molecule has 0 N–H and O–H groups in total. The Balaban J connectivity index is 1.40. The van der Waals surface area contributed by atoms with Crippen LogP contribution in [-0.4, -0.2) is 0 Å². The molecular formula is C34H29N. The van der Waals surface area contributed by atoms with Crippen LogP contribution < -0.4 is 4.90 Å². The van der Waals surface area contributed by atoms with Crippen LogP contribution in [0.3, 0.4) is 0 Å². The van der Waals surface area contributed by atoms with Crippen molar-refractivity contribution in [1.82, 2.24) is 0 Å². The van der Waals surface area contributed by atoms with Gasteiger partial charge in [-0.2, -0.15) is 0 Å². The van der Waals surface area contributed by atoms with E-state index in [4.69, 9.17) is 0 Å². The van der Waals surface area contributed by atoms with Crippen LogP contribution in [0.15, 0.2) is 127 Å². The van der Waals surface area contributed by atoms with Crippen molar-refractivity contribution in [2.45, 2.75) is 13.8 Å². The van der Waals surface area contributed by atoms with E-state index in [1.165, 1.54) is 33.4 Å². The van der Waals surface area contributed by atoms with Gasteiger partial charge in [0.05, 0.1) is 0 Å². The average molecular weight is 452 g/mol. The first-order valence-corrected chi connectivity index (χ1v) is 12.0. The van der Waals surface area contributed by atoms with Gasteiger partial charge in [0, 0.05) is 17.1 Å². The van der Waals surface area contributed by atoms with E-state index in [0.717, 1.165) is 17.1 Å². The molecule has 170 valence electrons. The Kier molecular flexibility index (Phi) is 6.59. The summed E-state index contributed by atoms with van der Waals surface area (Å²) in [5, 5.41) is 0. The van der Waals surface area contributed by atoms with E-state index in [1.54, 1.807) is 0 Å². The quantitative estimate of drug-likeness (QED) is 0.232. The molecule has 0 spiro atoms. The van der Waals surface area contributed by atoms with Crippen molar-refractivity contribution in [3.05, 3.63) is 150 Å². The molecular weight excluding hydrogens is 422 g/mol. The molecule has 0 saturated carbocycles. The van der Waals surface area contributed by atoms with Gasteiger partial charge < -0.3 is 4.90 Å². The molecule has 35 heavy (non-hydrogen) atoms. The smallest absolute Gasteiger partial charge is 0.0462 e. The summed E-state index contributed by atoms with van der Waals surface area (Å²) in [5.41, 5.74) is 10.8. The number of hydrogen-bond acceptors (Lipinski definition) is 1. The zero-order valence-electron chi connectivity index (χ0n) is 20.2. The number of aryl methyl sites for hydroxylation is 2. The van der Waals surface area contributed by atoms with Gasteiger partial charge in [-0.05, 0) is 72.5 Å². The van der Waals surface area contributed by atoms with Crippen molar-refractivity contribution in [3.63, 3.8) is 0 Å². The average Bonchev–Trinajstić information content (AvgIpc) is 2.91. The zero-order chi connectivity index (χ0) is 24.0. The third-order valence-corrected chi connectivity index (χ3v) is 6.22. The summed E-state index contributed by atoms with van der Waals surface area (Å²) in [6.45, 7) is 4.25. The highest BCUT2D eigenvalue weighted by Gasteiger charge is 2.12. The van der Waals surface area contributed by atoms with Crippen LogP contribution >= 0.6 is 0 Å². The van der Waals surface area contributed by atoms with Gasteiger partial charge in [0.25, 0.3) is 0 Å². The summed E-state index contributed by atoms with van der Waals surface area (Å²) in [6, 6.07) is 45.4. The minimum atomic E-state index is 1.14. The summed E-state index contributed by atoms with van der Waals surface area (Å²) in [6.07, 6.45) is 4.30. The molecule has 1 heteroatoms. The number of rotatable bonds is 6. The second kappa shape index (κ2) is 10.3. The largest absolute Gasteiger partial charge is 0.311 e. The normalized spacial score (nSPS) is 11.0. The molecule has 0 amide bonds. The maximum absolute atomic E-state index is 2.31. The van der Waals surface area contributed by atoms with Crippen LogP contribution in [0.4, 0.5) is 17.1 Å². The molecule has 0 unspecified atom stereocenters. The van der Waals surface area contributed by atoms with Gasteiger partial charge in [0.15, 0.2) is 0 Å². The standard InChI is InChI=1S/C34H29N/c1-26-8-20-32(21-9-26)35(33-22-10-27(2)11-23-33)34-24-18-31(19-25-34)30-16-14-29(15-17-30)13-12-28-6-4-3-5-7-28/h3-25H,1-2H3. The molecule has 0 aromatic heterocycles. The van der Waals surface area contributed by atoms with E-state index in [9.17, 15) is 0 Å². The van der Waals surface area contributed by atoms with Crippen molar-refractivity contribution in [2.75, 3.05) is 4.90 Å². The molecule has 0 aliphatic rings. The van der Waals surface area contributed by atoms with Crippen LogP contribution in [0.25, 0.3) is 23.3 Å². The zero-order valence-corrected chi connectivity index (χ0v) is 20.2. The summed E-state index contributed by atoms with van der Waals surface area (Å²) in [5.74, 6) is 0. The van der Waals surface area contributed by atoms with Gasteiger partial charge in [0.2, 0.25) is 0 Å². The van der Waals surface area contributed by atoms with E-state index in [0.29, 0.717) is 0 Å². The van der Waals surface area contributed by atoms with Crippen molar-refractivity contribution < 1.29 is 0 Å². The Morgan fingerprint density at radius 2 is 0.771 bits per heavy atom. The topological polar surface area (TPSA) is 3.24 Å². The second-order valence-electron chi connectivity index (χ2n) is 8.92. The summed E-state index contributed by atoms with van der Waals surface area (Å²) < 4.78 is 0. The number of hydrogen-bond donors (Lipinski definition) is 0. The Bertz CT molecular complexity index is 1350. The van der Waals surface area contributed by atoms with Crippen molar-refractivity contribution >= 4 is 29.2 Å². The lowest BCUT2D eigenvalue weighted by atomic mass is 10.0. The molecule has 0 fully saturated rings. The molecule has 5 aromatic rings. The van der Waals surface area contributed by atoms with E-state index in [1.807, 2.05) is 6.07 Å². The SMILES string of the molecule is Cc1ccc(N(c2ccc(C)cc2)c2ccc(-c3ccc(C=Cc4ccccc4)cc3)cc2)cc1. The molecule has 0 radical (unpaired) electrons. The maximum atomic E-state index is 2.31. The third kappa shape index (κ3) is 5.42. The molecule has 0 heterocycles. The van der Waals surface area contributed by atoms with Gasteiger partial charge in [-0.1, -0.05) is 114 Å². The van der Waals surface area contributed by atoms with E-state index in [-0.39, 0.29) is 0 Å². The number of benzene rings is 5. The lowest BCUT2D eigenvalue weighted by Crippen LogP contribution is -2.09. The van der Waals surface area contributed by atoms with E-state index < -0.39 is 0 Å². The molecule has 1 nitrogen and oxygen atoms in total. The van der Waals surface area contributed by atoms with Crippen molar-refractivity contribution in [3.8, 4) is 11.1 Å². The molecule has 0 bridgehead atoms. The van der Waals surface area contributed by atoms with Crippen LogP contribution in [0.1, 0.15) is 22.3 Å². The summed E-state index contributed by atoms with van der Waals surface area (Å²) in [7, 11) is 0. The minimum absolute atomic E-state index is 1.14. The fraction of sp³-hybridized carbons (Fsp3) is 0.0588. The Hall–Kier alpha value is -4.36. The molecule has 0 saturated heterocycles. The highest BCUT2D eigenvalue weighted by atomic mass is 15.1. The molecule has 5 aromatic carbocycles. The first-order chi connectivity index (χ1) is 17.2. The van der Waals surface area contributed by atoms with Crippen molar-refractivity contribution in [1.29, 1.82) is 0 Å². The Labute approximate surface area is 208 Å². The van der Waals surface area contributed by atoms with Gasteiger partial charge in [0.1, 0.15) is 0 Å². The minimum Gasteiger partial charge on any atom is -0.311 e. The second-order valence-corrected chi connectivity index (χ2v) is 8.92. The molecule has 5 rings (SSSR count). The monoisotopic (exact) mass is 451 g/mol. The van der Waals surface area contributed by atoms with E-state index >= 15 is 0 Å². The highest BCUT2D eigenvalue weighted by molar-refractivity contribution is 5.79. The van der Waals surface area contributed by atoms with Gasteiger partial charge in [-0.15, -0.1) is 0 Å². The van der Waals surface area contributed by atoms with Crippen LogP contribution in [-0.2, 0) is 0 Å². The van der Waals surface area contributed by atoms with Gasteiger partial charge >= 0.3 is 0 Å². The predicted octanol–water partition coefficient (Wildman–Crippen LogP) is 9.61. The number of anilines is 3. The maximum Gasteiger partial charge on any atom is 0.0462 e. The molecule has 0 aliphatic carbocycles. The third-order valence-electron chi connectivity index (χ3n) is 6.22. The Morgan fingerprint density at radius 3 is 1.23 bits per heavy atom. The summed E-state index contributed by atoms with van der Waals surface area (Å²) >= 11 is 0. The van der Waals surface area contributed by atoms with Crippen LogP contribution in [0.2, 0.25) is 0 Å².